The maximum absolute atomic E-state index is 13.2. The summed E-state index contributed by atoms with van der Waals surface area (Å²) in [5.74, 6) is 2.24. The summed E-state index contributed by atoms with van der Waals surface area (Å²) in [6.07, 6.45) is 3.63. The highest BCUT2D eigenvalue weighted by molar-refractivity contribution is 7.37. The van der Waals surface area contributed by atoms with Crippen LogP contribution in [0.25, 0.3) is 0 Å². The van der Waals surface area contributed by atoms with Crippen molar-refractivity contribution in [2.24, 2.45) is 0 Å². The average Bonchev–Trinajstić information content (AvgIpc) is 3.53. The molecule has 1 saturated heterocycles. The highest BCUT2D eigenvalue weighted by atomic mass is 31.1. The predicted molar refractivity (Wildman–Crippen MR) is 135 cm³/mol. The lowest BCUT2D eigenvalue weighted by Crippen LogP contribution is -2.31. The van der Waals surface area contributed by atoms with Gasteiger partial charge in [0, 0.05) is 25.1 Å². The molecule has 4 aliphatic heterocycles. The smallest absolute Gasteiger partial charge is 0.337 e. The number of esters is 1. The van der Waals surface area contributed by atoms with Crippen molar-refractivity contribution in [3.05, 3.63) is 46.7 Å². The summed E-state index contributed by atoms with van der Waals surface area (Å²) in [6.45, 7) is 2.51. The third-order valence-corrected chi connectivity index (χ3v) is 8.56. The number of nitrogens with zero attached hydrogens (tertiary/aromatic N) is 2. The quantitative estimate of drug-likeness (QED) is 0.418. The first-order chi connectivity index (χ1) is 17.6. The molecule has 0 aliphatic carbocycles. The maximum atomic E-state index is 13.2. The Hall–Kier alpha value is -3.16. The number of ether oxygens (including phenoxy) is 6. The summed E-state index contributed by atoms with van der Waals surface area (Å²) in [7, 11) is 5.12. The fourth-order valence-corrected chi connectivity index (χ4v) is 6.82. The Morgan fingerprint density at radius 1 is 0.889 bits per heavy atom. The number of fused-ring (bicyclic) bond motifs is 2. The van der Waals surface area contributed by atoms with Gasteiger partial charge in [-0.2, -0.15) is 0 Å². The normalized spacial score (nSPS) is 21.0. The summed E-state index contributed by atoms with van der Waals surface area (Å²) in [5.41, 5.74) is 4.33. The van der Waals surface area contributed by atoms with E-state index in [2.05, 4.69) is 9.34 Å². The van der Waals surface area contributed by atoms with Crippen LogP contribution in [0.3, 0.4) is 0 Å². The highest BCUT2D eigenvalue weighted by Crippen LogP contribution is 2.56. The van der Waals surface area contributed by atoms with Crippen LogP contribution in [0.4, 0.5) is 5.69 Å². The molecule has 9 nitrogen and oxygen atoms in total. The van der Waals surface area contributed by atoms with E-state index in [1.54, 1.807) is 21.3 Å². The molecular formula is C26H29N2O7P. The molecule has 0 radical (unpaired) electrons. The Morgan fingerprint density at radius 2 is 1.58 bits per heavy atom. The van der Waals surface area contributed by atoms with Gasteiger partial charge < -0.3 is 33.1 Å². The molecule has 0 saturated carbocycles. The summed E-state index contributed by atoms with van der Waals surface area (Å²) < 4.78 is 38.7. The Balaban J connectivity index is 1.54. The van der Waals surface area contributed by atoms with Crippen LogP contribution < -0.4 is 28.4 Å². The first-order valence-electron chi connectivity index (χ1n) is 12.1. The largest absolute Gasteiger partial charge is 0.493 e. The van der Waals surface area contributed by atoms with Gasteiger partial charge in [0.2, 0.25) is 12.5 Å². The molecule has 190 valence electrons. The minimum absolute atomic E-state index is 0.177. The number of hydrogen-bond donors (Lipinski definition) is 0. The molecule has 1 fully saturated rings. The van der Waals surface area contributed by atoms with Gasteiger partial charge in [-0.15, -0.1) is 0 Å². The van der Waals surface area contributed by atoms with Gasteiger partial charge in [-0.25, -0.2) is 4.79 Å². The van der Waals surface area contributed by atoms with Gasteiger partial charge in [0.1, 0.15) is 6.61 Å². The molecule has 6 rings (SSSR count). The SMILES string of the molecule is COc1cc(C2C3=C(COC3=O)N(PN3CCCCC3)c3cc4c(cc32)OCO4)cc(OC)c1OC. The van der Waals surface area contributed by atoms with Crippen molar-refractivity contribution in [1.82, 2.24) is 4.67 Å². The van der Waals surface area contributed by atoms with Crippen LogP contribution in [0, 0.1) is 0 Å². The molecule has 0 bridgehead atoms. The van der Waals surface area contributed by atoms with Gasteiger partial charge >= 0.3 is 5.97 Å². The molecule has 36 heavy (non-hydrogen) atoms. The molecule has 4 heterocycles. The van der Waals surface area contributed by atoms with E-state index in [9.17, 15) is 4.79 Å². The molecule has 10 heteroatoms. The van der Waals surface area contributed by atoms with E-state index in [0.29, 0.717) is 43.2 Å². The van der Waals surface area contributed by atoms with E-state index >= 15 is 0 Å². The van der Waals surface area contributed by atoms with Gasteiger partial charge in [-0.1, -0.05) is 6.42 Å². The fraction of sp³-hybridized carbons (Fsp3) is 0.423. The zero-order chi connectivity index (χ0) is 24.8. The minimum atomic E-state index is -0.393. The number of carbonyl (C=O) groups is 1. The van der Waals surface area contributed by atoms with Crippen molar-refractivity contribution < 1.29 is 33.2 Å². The molecule has 4 aliphatic rings. The average molecular weight is 512 g/mol. The summed E-state index contributed by atoms with van der Waals surface area (Å²) in [6, 6.07) is 7.83. The molecule has 2 atom stereocenters. The maximum Gasteiger partial charge on any atom is 0.337 e. The number of methoxy groups -OCH3 is 3. The summed E-state index contributed by atoms with van der Waals surface area (Å²) in [4.78, 5) is 13.2. The van der Waals surface area contributed by atoms with Crippen molar-refractivity contribution in [3.8, 4) is 28.7 Å². The van der Waals surface area contributed by atoms with Crippen LogP contribution in [0.5, 0.6) is 28.7 Å². The molecule has 0 amide bonds. The molecule has 2 aromatic rings. The highest BCUT2D eigenvalue weighted by Gasteiger charge is 2.44. The third kappa shape index (κ3) is 3.73. The number of cyclic esters (lactones) is 1. The van der Waals surface area contributed by atoms with E-state index < -0.39 is 5.92 Å². The number of carbonyl (C=O) groups excluding carboxylic acids is 1. The van der Waals surface area contributed by atoms with Crippen LogP contribution >= 0.6 is 8.88 Å². The monoisotopic (exact) mass is 512 g/mol. The summed E-state index contributed by atoms with van der Waals surface area (Å²) >= 11 is 0. The third-order valence-electron chi connectivity index (χ3n) is 7.12. The molecule has 0 N–H and O–H groups in total. The van der Waals surface area contributed by atoms with Gasteiger partial charge in [0.05, 0.1) is 47.2 Å². The fourth-order valence-electron chi connectivity index (χ4n) is 5.41. The second-order valence-electron chi connectivity index (χ2n) is 9.08. The van der Waals surface area contributed by atoms with E-state index in [1.165, 1.54) is 19.3 Å². The lowest BCUT2D eigenvalue weighted by molar-refractivity contribution is -0.136. The van der Waals surface area contributed by atoms with Gasteiger partial charge in [0.25, 0.3) is 0 Å². The number of rotatable bonds is 6. The van der Waals surface area contributed by atoms with E-state index in [4.69, 9.17) is 28.4 Å². The first-order valence-corrected chi connectivity index (χ1v) is 13.0. The van der Waals surface area contributed by atoms with Crippen molar-refractivity contribution in [1.29, 1.82) is 0 Å². The summed E-state index contributed by atoms with van der Waals surface area (Å²) in [5, 5.41) is 0. The molecule has 0 aromatic heterocycles. The van der Waals surface area contributed by atoms with Gasteiger partial charge in [-0.05, 0) is 42.2 Å². The molecule has 0 spiro atoms. The second-order valence-corrected chi connectivity index (χ2v) is 10.4. The lowest BCUT2D eigenvalue weighted by atomic mass is 9.80. The van der Waals surface area contributed by atoms with E-state index in [0.717, 1.165) is 35.6 Å². The van der Waals surface area contributed by atoms with Crippen molar-refractivity contribution in [2.75, 3.05) is 52.5 Å². The second kappa shape index (κ2) is 9.37. The molecule has 2 aromatic carbocycles. The van der Waals surface area contributed by atoms with Crippen molar-refractivity contribution in [3.63, 3.8) is 0 Å². The Labute approximate surface area is 211 Å². The number of hydrogen-bond acceptors (Lipinski definition) is 9. The van der Waals surface area contributed by atoms with Crippen LogP contribution in [0.15, 0.2) is 35.5 Å². The zero-order valence-electron chi connectivity index (χ0n) is 20.6. The van der Waals surface area contributed by atoms with Crippen molar-refractivity contribution >= 4 is 20.5 Å². The van der Waals surface area contributed by atoms with Crippen LogP contribution in [0.1, 0.15) is 36.3 Å². The Kier molecular flexibility index (Phi) is 6.05. The predicted octanol–water partition coefficient (Wildman–Crippen LogP) is 4.20. The van der Waals surface area contributed by atoms with Crippen LogP contribution in [-0.4, -0.2) is 58.5 Å². The van der Waals surface area contributed by atoms with Gasteiger partial charge in [0.15, 0.2) is 23.0 Å². The van der Waals surface area contributed by atoms with E-state index in [-0.39, 0.29) is 19.4 Å². The van der Waals surface area contributed by atoms with E-state index in [1.807, 2.05) is 24.3 Å². The van der Waals surface area contributed by atoms with Crippen molar-refractivity contribution in [2.45, 2.75) is 25.2 Å². The van der Waals surface area contributed by atoms with Crippen LogP contribution in [0.2, 0.25) is 0 Å². The molecule has 2 unspecified atom stereocenters. The lowest BCUT2D eigenvalue weighted by Gasteiger charge is -2.39. The minimum Gasteiger partial charge on any atom is -0.493 e. The zero-order valence-corrected chi connectivity index (χ0v) is 21.6. The van der Waals surface area contributed by atoms with Gasteiger partial charge in [-0.3, -0.25) is 4.67 Å². The number of piperidine rings is 1. The first kappa shape index (κ1) is 23.3. The Bertz CT molecular complexity index is 1220. The standard InChI is InChI=1S/C26H29N2O7P/c1-30-21-9-15(10-22(31-2)25(21)32-3)23-16-11-19-20(35-14-34-19)12-17(16)28(18-13-33-26(29)24(18)23)36-27-7-5-4-6-8-27/h9-12,23,36H,4-8,13-14H2,1-3H3. The topological polar surface area (TPSA) is 78.9 Å². The number of benzene rings is 2. The Morgan fingerprint density at radius 3 is 2.25 bits per heavy atom. The molecular weight excluding hydrogens is 483 g/mol. The number of anilines is 1. The van der Waals surface area contributed by atoms with Crippen LogP contribution in [-0.2, 0) is 9.53 Å².